The molecule has 0 aliphatic carbocycles. The van der Waals surface area contributed by atoms with Crippen LogP contribution >= 0.6 is 0 Å². The van der Waals surface area contributed by atoms with E-state index in [0.717, 1.165) is 30.4 Å². The van der Waals surface area contributed by atoms with Gasteiger partial charge in [-0.1, -0.05) is 80.9 Å². The highest BCUT2D eigenvalue weighted by molar-refractivity contribution is 5.84. The van der Waals surface area contributed by atoms with Crippen LogP contribution in [0.5, 0.6) is 0 Å². The van der Waals surface area contributed by atoms with Crippen molar-refractivity contribution in [3.63, 3.8) is 0 Å². The molecule has 0 amide bonds. The molecular weight excluding hydrogens is 347 g/mol. The Bertz CT molecular complexity index is 972. The van der Waals surface area contributed by atoms with Gasteiger partial charge in [0.15, 0.2) is 0 Å². The van der Waals surface area contributed by atoms with Gasteiger partial charge in [-0.25, -0.2) is 4.39 Å². The van der Waals surface area contributed by atoms with Crippen molar-refractivity contribution in [3.05, 3.63) is 94.8 Å². The van der Waals surface area contributed by atoms with Gasteiger partial charge >= 0.3 is 0 Å². The van der Waals surface area contributed by atoms with Crippen molar-refractivity contribution >= 4 is 12.4 Å². The molecule has 3 aromatic carbocycles. The van der Waals surface area contributed by atoms with Crippen molar-refractivity contribution < 1.29 is 4.39 Å². The van der Waals surface area contributed by atoms with Crippen molar-refractivity contribution in [2.45, 2.75) is 33.1 Å². The van der Waals surface area contributed by atoms with Gasteiger partial charge in [0.25, 0.3) is 0 Å². The van der Waals surface area contributed by atoms with Gasteiger partial charge in [0.2, 0.25) is 0 Å². The summed E-state index contributed by atoms with van der Waals surface area (Å²) in [5.74, 6) is -0.257. The van der Waals surface area contributed by atoms with Crippen LogP contribution in [0.25, 0.3) is 11.1 Å². The van der Waals surface area contributed by atoms with E-state index in [2.05, 4.69) is 42.2 Å². The summed E-state index contributed by atoms with van der Waals surface area (Å²) >= 11 is 0. The maximum Gasteiger partial charge on any atom is 0.131 e. The minimum absolute atomic E-state index is 0.257. The molecule has 0 bridgehead atoms. The Kier molecular flexibility index (Phi) is 6.85. The first-order valence-electron chi connectivity index (χ1n) is 9.74. The summed E-state index contributed by atoms with van der Waals surface area (Å²) in [5.41, 5.74) is 5.72. The van der Waals surface area contributed by atoms with Crippen LogP contribution in [0, 0.1) is 5.82 Å². The number of rotatable bonds is 7. The molecular formula is C25H25FN2. The Morgan fingerprint density at radius 2 is 1.61 bits per heavy atom. The Morgan fingerprint density at radius 1 is 0.857 bits per heavy atom. The van der Waals surface area contributed by atoms with Gasteiger partial charge in [-0.05, 0) is 46.7 Å². The Labute approximate surface area is 166 Å². The highest BCUT2D eigenvalue weighted by Crippen LogP contribution is 2.24. The summed E-state index contributed by atoms with van der Waals surface area (Å²) < 4.78 is 14.6. The number of hydrogen-bond donors (Lipinski definition) is 0. The predicted molar refractivity (Wildman–Crippen MR) is 117 cm³/mol. The van der Waals surface area contributed by atoms with Crippen molar-refractivity contribution in [2.24, 2.45) is 10.2 Å². The summed E-state index contributed by atoms with van der Waals surface area (Å²) in [7, 11) is 0. The third-order valence-electron chi connectivity index (χ3n) is 4.70. The lowest BCUT2D eigenvalue weighted by molar-refractivity contribution is 0.631. The second kappa shape index (κ2) is 9.75. The number of halogens is 1. The minimum atomic E-state index is -0.257. The molecule has 0 aromatic heterocycles. The number of benzene rings is 3. The smallest absolute Gasteiger partial charge is 0.131 e. The Morgan fingerprint density at radius 3 is 2.32 bits per heavy atom. The highest BCUT2D eigenvalue weighted by Gasteiger charge is 2.06. The highest BCUT2D eigenvalue weighted by atomic mass is 19.1. The number of aryl methyl sites for hydroxylation is 2. The zero-order valence-corrected chi connectivity index (χ0v) is 16.4. The summed E-state index contributed by atoms with van der Waals surface area (Å²) in [4.78, 5) is 0. The lowest BCUT2D eigenvalue weighted by Gasteiger charge is -2.06. The first-order valence-corrected chi connectivity index (χ1v) is 9.74. The standard InChI is InChI=1S/C25H25FN2/c1-3-7-19-10-13-22(14-11-19)24-15-12-20(16-25(24)26)17-27-28-18-23-9-6-5-8-21(23)4-2/h5-6,8-18H,3-4,7H2,1-2H3. The lowest BCUT2D eigenvalue weighted by Crippen LogP contribution is -1.90. The fraction of sp³-hybridized carbons (Fsp3) is 0.200. The predicted octanol–water partition coefficient (Wildman–Crippen LogP) is 6.46. The third kappa shape index (κ3) is 5.01. The maximum atomic E-state index is 14.6. The quantitative estimate of drug-likeness (QED) is 0.336. The van der Waals surface area contributed by atoms with Crippen molar-refractivity contribution in [3.8, 4) is 11.1 Å². The molecule has 0 saturated heterocycles. The number of nitrogens with zero attached hydrogens (tertiary/aromatic N) is 2. The van der Waals surface area contributed by atoms with Crippen LogP contribution in [0.15, 0.2) is 76.9 Å². The first-order chi connectivity index (χ1) is 13.7. The van der Waals surface area contributed by atoms with E-state index in [1.165, 1.54) is 17.2 Å². The average molecular weight is 372 g/mol. The zero-order valence-electron chi connectivity index (χ0n) is 16.4. The second-order valence-corrected chi connectivity index (χ2v) is 6.73. The van der Waals surface area contributed by atoms with E-state index < -0.39 is 0 Å². The molecule has 0 heterocycles. The molecule has 0 fully saturated rings. The van der Waals surface area contributed by atoms with Crippen molar-refractivity contribution in [1.82, 2.24) is 0 Å². The van der Waals surface area contributed by atoms with Crippen LogP contribution < -0.4 is 0 Å². The molecule has 28 heavy (non-hydrogen) atoms. The molecule has 0 radical (unpaired) electrons. The van der Waals surface area contributed by atoms with Gasteiger partial charge in [0, 0.05) is 5.56 Å². The molecule has 0 atom stereocenters. The minimum Gasteiger partial charge on any atom is -0.206 e. The van der Waals surface area contributed by atoms with Gasteiger partial charge < -0.3 is 0 Å². The van der Waals surface area contributed by atoms with Crippen LogP contribution in [0.4, 0.5) is 4.39 Å². The van der Waals surface area contributed by atoms with Gasteiger partial charge in [-0.2, -0.15) is 10.2 Å². The molecule has 0 N–H and O–H groups in total. The van der Waals surface area contributed by atoms with Crippen molar-refractivity contribution in [2.75, 3.05) is 0 Å². The van der Waals surface area contributed by atoms with Gasteiger partial charge in [-0.3, -0.25) is 0 Å². The number of hydrogen-bond acceptors (Lipinski definition) is 2. The molecule has 142 valence electrons. The van der Waals surface area contributed by atoms with Crippen LogP contribution in [-0.4, -0.2) is 12.4 Å². The molecule has 0 saturated carbocycles. The van der Waals surface area contributed by atoms with Gasteiger partial charge in [0.1, 0.15) is 5.82 Å². The fourth-order valence-electron chi connectivity index (χ4n) is 3.16. The third-order valence-corrected chi connectivity index (χ3v) is 4.70. The maximum absolute atomic E-state index is 14.6. The molecule has 3 heteroatoms. The summed E-state index contributed by atoms with van der Waals surface area (Å²) in [6, 6.07) is 21.3. The van der Waals surface area contributed by atoms with Crippen molar-refractivity contribution in [1.29, 1.82) is 0 Å². The van der Waals surface area contributed by atoms with E-state index in [-0.39, 0.29) is 5.82 Å². The van der Waals surface area contributed by atoms with Crippen LogP contribution in [0.3, 0.4) is 0 Å². The van der Waals surface area contributed by atoms with E-state index in [4.69, 9.17) is 0 Å². The van der Waals surface area contributed by atoms with Crippen LogP contribution in [-0.2, 0) is 12.8 Å². The molecule has 0 aliphatic rings. The largest absolute Gasteiger partial charge is 0.206 e. The first kappa shape index (κ1) is 19.7. The molecule has 2 nitrogen and oxygen atoms in total. The summed E-state index contributed by atoms with van der Waals surface area (Å²) in [5, 5.41) is 8.17. The van der Waals surface area contributed by atoms with Crippen LogP contribution in [0.2, 0.25) is 0 Å². The Hall–Kier alpha value is -3.07. The topological polar surface area (TPSA) is 24.7 Å². The summed E-state index contributed by atoms with van der Waals surface area (Å²) in [6.45, 7) is 4.26. The van der Waals surface area contributed by atoms with Crippen LogP contribution in [0.1, 0.15) is 42.5 Å². The van der Waals surface area contributed by atoms with Gasteiger partial charge in [0.05, 0.1) is 12.4 Å². The normalized spacial score (nSPS) is 11.5. The monoisotopic (exact) mass is 372 g/mol. The van der Waals surface area contributed by atoms with E-state index in [1.54, 1.807) is 18.5 Å². The lowest BCUT2D eigenvalue weighted by atomic mass is 10.0. The van der Waals surface area contributed by atoms with E-state index in [0.29, 0.717) is 11.1 Å². The zero-order chi connectivity index (χ0) is 19.8. The van der Waals surface area contributed by atoms with E-state index in [9.17, 15) is 4.39 Å². The molecule has 0 unspecified atom stereocenters. The SMILES string of the molecule is CCCc1ccc(-c2ccc(C=NN=Cc3ccccc3CC)cc2F)cc1. The molecule has 0 spiro atoms. The van der Waals surface area contributed by atoms with E-state index in [1.807, 2.05) is 36.4 Å². The summed E-state index contributed by atoms with van der Waals surface area (Å²) in [6.07, 6.45) is 6.40. The average Bonchev–Trinajstić information content (AvgIpc) is 2.72. The Balaban J connectivity index is 1.71. The fourth-order valence-corrected chi connectivity index (χ4v) is 3.16. The molecule has 3 rings (SSSR count). The van der Waals surface area contributed by atoms with E-state index >= 15 is 0 Å². The molecule has 0 aliphatic heterocycles. The second-order valence-electron chi connectivity index (χ2n) is 6.73. The molecule has 3 aromatic rings. The van der Waals surface area contributed by atoms with Gasteiger partial charge in [-0.15, -0.1) is 0 Å².